The summed E-state index contributed by atoms with van der Waals surface area (Å²) >= 11 is 6.05. The van der Waals surface area contributed by atoms with Crippen molar-refractivity contribution in [3.05, 3.63) is 86.9 Å². The summed E-state index contributed by atoms with van der Waals surface area (Å²) < 4.78 is 41.6. The lowest BCUT2D eigenvalue weighted by Gasteiger charge is -2.11. The monoisotopic (exact) mass is 418 g/mol. The molecule has 0 bridgehead atoms. The predicted molar refractivity (Wildman–Crippen MR) is 103 cm³/mol. The van der Waals surface area contributed by atoms with Gasteiger partial charge in [-0.1, -0.05) is 29.8 Å². The fraction of sp³-hybridized carbons (Fsp3) is 0.150. The molecular weight excluding hydrogens is 405 g/mol. The molecule has 0 spiro atoms. The van der Waals surface area contributed by atoms with Gasteiger partial charge in [0.05, 0.1) is 29.7 Å². The molecule has 5 nitrogen and oxygen atoms in total. The van der Waals surface area contributed by atoms with E-state index in [2.05, 4.69) is 10.2 Å². The lowest BCUT2D eigenvalue weighted by atomic mass is 10.1. The third-order valence-electron chi connectivity index (χ3n) is 4.51. The molecular formula is C20H14ClF3N4O. The SMILES string of the molecule is Cc1nn(Cc2cccc(C(F)(F)F)c2)c(=O)c2c1cnn2-c1cccc(Cl)c1. The molecule has 0 fully saturated rings. The second-order valence-corrected chi connectivity index (χ2v) is 6.98. The second-order valence-electron chi connectivity index (χ2n) is 6.54. The first kappa shape index (κ1) is 19.2. The van der Waals surface area contributed by atoms with Crippen LogP contribution in [-0.4, -0.2) is 19.6 Å². The van der Waals surface area contributed by atoms with Gasteiger partial charge in [0.25, 0.3) is 5.56 Å². The van der Waals surface area contributed by atoms with Crippen LogP contribution in [0.5, 0.6) is 0 Å². The van der Waals surface area contributed by atoms with E-state index in [1.165, 1.54) is 23.0 Å². The Morgan fingerprint density at radius 3 is 2.59 bits per heavy atom. The van der Waals surface area contributed by atoms with E-state index in [0.29, 0.717) is 27.4 Å². The van der Waals surface area contributed by atoms with E-state index < -0.39 is 17.3 Å². The number of hydrogen-bond donors (Lipinski definition) is 0. The lowest BCUT2D eigenvalue weighted by molar-refractivity contribution is -0.137. The van der Waals surface area contributed by atoms with Crippen LogP contribution in [0, 0.1) is 6.92 Å². The van der Waals surface area contributed by atoms with Crippen LogP contribution in [-0.2, 0) is 12.7 Å². The Hall–Kier alpha value is -3.13. The normalized spacial score (nSPS) is 11.9. The zero-order valence-corrected chi connectivity index (χ0v) is 15.9. The third kappa shape index (κ3) is 3.63. The van der Waals surface area contributed by atoms with Gasteiger partial charge in [-0.15, -0.1) is 0 Å². The lowest BCUT2D eigenvalue weighted by Crippen LogP contribution is -2.26. The first-order valence-electron chi connectivity index (χ1n) is 8.61. The van der Waals surface area contributed by atoms with Crippen molar-refractivity contribution in [2.75, 3.05) is 0 Å². The highest BCUT2D eigenvalue weighted by Crippen LogP contribution is 2.29. The van der Waals surface area contributed by atoms with E-state index >= 15 is 0 Å². The number of benzene rings is 2. The van der Waals surface area contributed by atoms with E-state index in [4.69, 9.17) is 11.6 Å². The molecule has 2 aromatic carbocycles. The summed E-state index contributed by atoms with van der Waals surface area (Å²) in [5.41, 5.74) is 0.514. The Bertz CT molecular complexity index is 1280. The van der Waals surface area contributed by atoms with Gasteiger partial charge in [-0.3, -0.25) is 4.79 Å². The number of nitrogens with zero attached hydrogens (tertiary/aromatic N) is 4. The zero-order valence-electron chi connectivity index (χ0n) is 15.1. The Kier molecular flexibility index (Phi) is 4.66. The van der Waals surface area contributed by atoms with Crippen LogP contribution in [0.15, 0.2) is 59.5 Å². The standard InChI is InChI=1S/C20H14ClF3N4O/c1-12-17-10-25-28(16-7-3-6-15(21)9-16)18(17)19(29)27(26-12)11-13-4-2-5-14(8-13)20(22,23)24/h2-10H,11H2,1H3. The summed E-state index contributed by atoms with van der Waals surface area (Å²) in [4.78, 5) is 13.1. The molecule has 0 radical (unpaired) electrons. The van der Waals surface area contributed by atoms with Crippen molar-refractivity contribution in [2.45, 2.75) is 19.6 Å². The molecule has 148 valence electrons. The molecule has 0 aliphatic heterocycles. The molecule has 9 heteroatoms. The van der Waals surface area contributed by atoms with Crippen LogP contribution >= 0.6 is 11.6 Å². The molecule has 0 aliphatic carbocycles. The van der Waals surface area contributed by atoms with Crippen LogP contribution in [0.1, 0.15) is 16.8 Å². The average molecular weight is 419 g/mol. The van der Waals surface area contributed by atoms with E-state index in [1.54, 1.807) is 31.2 Å². The van der Waals surface area contributed by atoms with Gasteiger partial charge in [0.2, 0.25) is 0 Å². The maximum atomic E-state index is 13.1. The zero-order chi connectivity index (χ0) is 20.8. The van der Waals surface area contributed by atoms with Gasteiger partial charge in [0.1, 0.15) is 5.52 Å². The molecule has 0 atom stereocenters. The van der Waals surface area contributed by atoms with E-state index in [9.17, 15) is 18.0 Å². The fourth-order valence-electron chi connectivity index (χ4n) is 3.15. The molecule has 0 aliphatic rings. The van der Waals surface area contributed by atoms with Gasteiger partial charge in [0, 0.05) is 10.4 Å². The summed E-state index contributed by atoms with van der Waals surface area (Å²) in [7, 11) is 0. The molecule has 0 unspecified atom stereocenters. The van der Waals surface area contributed by atoms with Gasteiger partial charge in [0.15, 0.2) is 0 Å². The number of aryl methyl sites for hydroxylation is 1. The van der Waals surface area contributed by atoms with Gasteiger partial charge >= 0.3 is 6.18 Å². The number of halogens is 4. The van der Waals surface area contributed by atoms with Crippen molar-refractivity contribution < 1.29 is 13.2 Å². The van der Waals surface area contributed by atoms with Crippen LogP contribution in [0.25, 0.3) is 16.6 Å². The van der Waals surface area contributed by atoms with Crippen molar-refractivity contribution in [3.8, 4) is 5.69 Å². The number of hydrogen-bond acceptors (Lipinski definition) is 3. The highest BCUT2D eigenvalue weighted by Gasteiger charge is 2.30. The van der Waals surface area contributed by atoms with Crippen molar-refractivity contribution >= 4 is 22.5 Å². The number of alkyl halides is 3. The molecule has 4 aromatic rings. The molecule has 0 saturated carbocycles. The smallest absolute Gasteiger partial charge is 0.265 e. The van der Waals surface area contributed by atoms with Crippen LogP contribution in [0.3, 0.4) is 0 Å². The first-order chi connectivity index (χ1) is 13.7. The van der Waals surface area contributed by atoms with Gasteiger partial charge in [-0.05, 0) is 42.8 Å². The van der Waals surface area contributed by atoms with Crippen molar-refractivity contribution in [1.82, 2.24) is 19.6 Å². The van der Waals surface area contributed by atoms with Crippen molar-refractivity contribution in [3.63, 3.8) is 0 Å². The quantitative estimate of drug-likeness (QED) is 0.488. The third-order valence-corrected chi connectivity index (χ3v) is 4.74. The van der Waals surface area contributed by atoms with E-state index in [1.807, 2.05) is 0 Å². The summed E-state index contributed by atoms with van der Waals surface area (Å²) in [5.74, 6) is 0. The Morgan fingerprint density at radius 1 is 1.10 bits per heavy atom. The summed E-state index contributed by atoms with van der Waals surface area (Å²) in [5, 5.41) is 9.59. The van der Waals surface area contributed by atoms with Crippen molar-refractivity contribution in [2.24, 2.45) is 0 Å². The molecule has 29 heavy (non-hydrogen) atoms. The van der Waals surface area contributed by atoms with Crippen LogP contribution < -0.4 is 5.56 Å². The first-order valence-corrected chi connectivity index (χ1v) is 8.99. The van der Waals surface area contributed by atoms with E-state index in [0.717, 1.165) is 16.8 Å². The van der Waals surface area contributed by atoms with Crippen molar-refractivity contribution in [1.29, 1.82) is 0 Å². The summed E-state index contributed by atoms with van der Waals surface area (Å²) in [6.45, 7) is 1.62. The van der Waals surface area contributed by atoms with Gasteiger partial charge < -0.3 is 0 Å². The summed E-state index contributed by atoms with van der Waals surface area (Å²) in [6, 6.07) is 11.7. The highest BCUT2D eigenvalue weighted by molar-refractivity contribution is 6.30. The second kappa shape index (κ2) is 7.04. The van der Waals surface area contributed by atoms with Crippen LogP contribution in [0.4, 0.5) is 13.2 Å². The largest absolute Gasteiger partial charge is 0.416 e. The molecule has 0 saturated heterocycles. The number of aromatic nitrogens is 4. The fourth-order valence-corrected chi connectivity index (χ4v) is 3.34. The highest BCUT2D eigenvalue weighted by atomic mass is 35.5. The molecule has 0 N–H and O–H groups in total. The maximum Gasteiger partial charge on any atom is 0.416 e. The predicted octanol–water partition coefficient (Wildman–Crippen LogP) is 4.61. The number of rotatable bonds is 3. The molecule has 2 aromatic heterocycles. The molecule has 4 rings (SSSR count). The minimum absolute atomic E-state index is 0.0970. The molecule has 0 amide bonds. The Labute approximate surface area is 168 Å². The minimum atomic E-state index is -4.46. The van der Waals surface area contributed by atoms with Gasteiger partial charge in [-0.25, -0.2) is 9.36 Å². The minimum Gasteiger partial charge on any atom is -0.265 e. The number of fused-ring (bicyclic) bond motifs is 1. The Balaban J connectivity index is 1.84. The maximum absolute atomic E-state index is 13.1. The summed E-state index contributed by atoms with van der Waals surface area (Å²) in [6.07, 6.45) is -2.92. The topological polar surface area (TPSA) is 52.7 Å². The Morgan fingerprint density at radius 2 is 1.86 bits per heavy atom. The van der Waals surface area contributed by atoms with E-state index in [-0.39, 0.29) is 12.1 Å². The van der Waals surface area contributed by atoms with Gasteiger partial charge in [-0.2, -0.15) is 23.4 Å². The van der Waals surface area contributed by atoms with Crippen LogP contribution in [0.2, 0.25) is 5.02 Å². The average Bonchev–Trinajstić information content (AvgIpc) is 3.11. The molecule has 2 heterocycles.